The highest BCUT2D eigenvalue weighted by atomic mass is 16.5. The number of ether oxygens (including phenoxy) is 2. The van der Waals surface area contributed by atoms with Gasteiger partial charge in [0.2, 0.25) is 5.88 Å². The number of aryl methyl sites for hydroxylation is 2. The van der Waals surface area contributed by atoms with Crippen LogP contribution in [0.15, 0.2) is 0 Å². The Kier molecular flexibility index (Phi) is 4.13. The fourth-order valence-corrected chi connectivity index (χ4v) is 2.88. The van der Waals surface area contributed by atoms with Crippen LogP contribution in [0.5, 0.6) is 5.88 Å². The lowest BCUT2D eigenvalue weighted by molar-refractivity contribution is -0.0790. The molecule has 0 aromatic carbocycles. The lowest BCUT2D eigenvalue weighted by atomic mass is 9.75. The molecule has 0 bridgehead atoms. The number of aliphatic hydroxyl groups is 1. The van der Waals surface area contributed by atoms with E-state index in [0.717, 1.165) is 30.7 Å². The maximum atomic E-state index is 10.8. The van der Waals surface area contributed by atoms with E-state index < -0.39 is 11.5 Å². The Morgan fingerprint density at radius 1 is 1.63 bits per heavy atom. The fourth-order valence-electron chi connectivity index (χ4n) is 2.88. The molecule has 0 saturated carbocycles. The van der Waals surface area contributed by atoms with E-state index in [0.29, 0.717) is 19.0 Å². The van der Waals surface area contributed by atoms with Gasteiger partial charge in [0, 0.05) is 25.6 Å². The molecule has 1 fully saturated rings. The molecule has 1 aliphatic heterocycles. The Balaban J connectivity index is 2.39. The van der Waals surface area contributed by atoms with Gasteiger partial charge in [-0.15, -0.1) is 0 Å². The first-order valence-corrected chi connectivity index (χ1v) is 6.59. The molecule has 0 radical (unpaired) electrons. The Morgan fingerprint density at radius 2 is 2.37 bits per heavy atom. The molecule has 2 heterocycles. The van der Waals surface area contributed by atoms with Crippen molar-refractivity contribution in [2.45, 2.75) is 25.9 Å². The number of aliphatic hydroxyl groups excluding tert-OH is 1. The smallest absolute Gasteiger partial charge is 0.217 e. The maximum absolute atomic E-state index is 10.8. The predicted molar refractivity (Wildman–Crippen MR) is 71.0 cm³/mol. The summed E-state index contributed by atoms with van der Waals surface area (Å²) in [5.41, 5.74) is 6.96. The number of hydrogen-bond acceptors (Lipinski definition) is 5. The Bertz CT molecular complexity index is 439. The van der Waals surface area contributed by atoms with Gasteiger partial charge in [0.25, 0.3) is 0 Å². The van der Waals surface area contributed by atoms with Crippen molar-refractivity contribution in [3.8, 4) is 5.88 Å². The van der Waals surface area contributed by atoms with Crippen LogP contribution < -0.4 is 10.5 Å². The summed E-state index contributed by atoms with van der Waals surface area (Å²) in [6, 6.07) is 0. The maximum Gasteiger partial charge on any atom is 0.217 e. The van der Waals surface area contributed by atoms with Crippen molar-refractivity contribution in [3.63, 3.8) is 0 Å². The molecule has 6 heteroatoms. The zero-order valence-electron chi connectivity index (χ0n) is 11.8. The van der Waals surface area contributed by atoms with Crippen molar-refractivity contribution < 1.29 is 14.6 Å². The second-order valence-electron chi connectivity index (χ2n) is 5.26. The van der Waals surface area contributed by atoms with E-state index in [1.165, 1.54) is 0 Å². The van der Waals surface area contributed by atoms with E-state index in [-0.39, 0.29) is 0 Å². The molecule has 0 amide bonds. The number of hydrogen-bond donors (Lipinski definition) is 2. The zero-order chi connectivity index (χ0) is 14.0. The first kappa shape index (κ1) is 14.3. The standard InChI is InChI=1S/C13H23N3O3/c1-9-10(12(18-3)16(2)15-9)11(17)13(7-14)5-4-6-19-8-13/h11,17H,4-8,14H2,1-3H3. The molecule has 2 rings (SSSR count). The molecular weight excluding hydrogens is 246 g/mol. The van der Waals surface area contributed by atoms with E-state index in [1.807, 2.05) is 6.92 Å². The van der Waals surface area contributed by atoms with Crippen molar-refractivity contribution in [1.82, 2.24) is 9.78 Å². The Labute approximate surface area is 113 Å². The summed E-state index contributed by atoms with van der Waals surface area (Å²) in [5.74, 6) is 0.586. The van der Waals surface area contributed by atoms with E-state index in [4.69, 9.17) is 15.2 Å². The zero-order valence-corrected chi connectivity index (χ0v) is 11.8. The second kappa shape index (κ2) is 5.48. The summed E-state index contributed by atoms with van der Waals surface area (Å²) >= 11 is 0. The molecule has 108 valence electrons. The molecule has 6 nitrogen and oxygen atoms in total. The molecule has 1 aliphatic rings. The Morgan fingerprint density at radius 3 is 2.89 bits per heavy atom. The predicted octanol–water partition coefficient (Wildman–Crippen LogP) is 0.526. The molecule has 1 saturated heterocycles. The van der Waals surface area contributed by atoms with Gasteiger partial charge >= 0.3 is 0 Å². The van der Waals surface area contributed by atoms with E-state index >= 15 is 0 Å². The third kappa shape index (κ3) is 2.35. The summed E-state index contributed by atoms with van der Waals surface area (Å²) in [6.07, 6.45) is 1.04. The molecule has 0 spiro atoms. The largest absolute Gasteiger partial charge is 0.481 e. The average Bonchev–Trinajstić information content (AvgIpc) is 2.72. The molecule has 0 aliphatic carbocycles. The number of rotatable bonds is 4. The summed E-state index contributed by atoms with van der Waals surface area (Å²) in [4.78, 5) is 0. The van der Waals surface area contributed by atoms with E-state index in [2.05, 4.69) is 5.10 Å². The van der Waals surface area contributed by atoms with Crippen LogP contribution in [0.2, 0.25) is 0 Å². The second-order valence-corrected chi connectivity index (χ2v) is 5.26. The summed E-state index contributed by atoms with van der Waals surface area (Å²) in [6.45, 7) is 3.46. The van der Waals surface area contributed by atoms with Gasteiger partial charge < -0.3 is 20.3 Å². The minimum atomic E-state index is -0.721. The topological polar surface area (TPSA) is 82.5 Å². The average molecular weight is 269 g/mol. The monoisotopic (exact) mass is 269 g/mol. The minimum Gasteiger partial charge on any atom is -0.481 e. The van der Waals surface area contributed by atoms with Gasteiger partial charge in [-0.05, 0) is 19.8 Å². The van der Waals surface area contributed by atoms with Crippen LogP contribution in [0.1, 0.15) is 30.2 Å². The highest BCUT2D eigenvalue weighted by molar-refractivity contribution is 5.34. The first-order valence-electron chi connectivity index (χ1n) is 6.59. The molecule has 1 aromatic heterocycles. The van der Waals surface area contributed by atoms with Crippen LogP contribution >= 0.6 is 0 Å². The molecule has 2 unspecified atom stereocenters. The first-order chi connectivity index (χ1) is 9.05. The van der Waals surface area contributed by atoms with Gasteiger partial charge in [0.05, 0.1) is 31.1 Å². The highest BCUT2D eigenvalue weighted by Crippen LogP contribution is 2.43. The third-order valence-corrected chi connectivity index (χ3v) is 4.02. The molecule has 19 heavy (non-hydrogen) atoms. The van der Waals surface area contributed by atoms with Gasteiger partial charge in [0.15, 0.2) is 0 Å². The van der Waals surface area contributed by atoms with Crippen molar-refractivity contribution >= 4 is 0 Å². The molecule has 2 atom stereocenters. The number of aromatic nitrogens is 2. The van der Waals surface area contributed by atoms with Crippen LogP contribution in [0.25, 0.3) is 0 Å². The van der Waals surface area contributed by atoms with Crippen molar-refractivity contribution in [3.05, 3.63) is 11.3 Å². The SMILES string of the molecule is COc1c(C(O)C2(CN)CCCOC2)c(C)nn1C. The molecular formula is C13H23N3O3. The third-order valence-electron chi connectivity index (χ3n) is 4.02. The van der Waals surface area contributed by atoms with Crippen LogP contribution in [0, 0.1) is 12.3 Å². The van der Waals surface area contributed by atoms with Crippen molar-refractivity contribution in [2.24, 2.45) is 18.2 Å². The van der Waals surface area contributed by atoms with Gasteiger partial charge in [-0.3, -0.25) is 0 Å². The summed E-state index contributed by atoms with van der Waals surface area (Å²) in [5, 5.41) is 15.1. The lowest BCUT2D eigenvalue weighted by Crippen LogP contribution is -2.43. The molecule has 1 aromatic rings. The van der Waals surface area contributed by atoms with Gasteiger partial charge in [-0.25, -0.2) is 4.68 Å². The fraction of sp³-hybridized carbons (Fsp3) is 0.769. The van der Waals surface area contributed by atoms with Crippen molar-refractivity contribution in [1.29, 1.82) is 0 Å². The van der Waals surface area contributed by atoms with Crippen molar-refractivity contribution in [2.75, 3.05) is 26.9 Å². The molecule has 3 N–H and O–H groups in total. The van der Waals surface area contributed by atoms with Crippen LogP contribution in [-0.2, 0) is 11.8 Å². The minimum absolute atomic E-state index is 0.381. The van der Waals surface area contributed by atoms with Gasteiger partial charge in [-0.2, -0.15) is 5.10 Å². The normalized spacial score (nSPS) is 25.3. The highest BCUT2D eigenvalue weighted by Gasteiger charge is 2.42. The van der Waals surface area contributed by atoms with Gasteiger partial charge in [-0.1, -0.05) is 0 Å². The Hall–Kier alpha value is -1.11. The van der Waals surface area contributed by atoms with Crippen LogP contribution in [0.3, 0.4) is 0 Å². The van der Waals surface area contributed by atoms with E-state index in [1.54, 1.807) is 18.8 Å². The quantitative estimate of drug-likeness (QED) is 0.833. The number of nitrogens with zero attached hydrogens (tertiary/aromatic N) is 2. The van der Waals surface area contributed by atoms with E-state index in [9.17, 15) is 5.11 Å². The lowest BCUT2D eigenvalue weighted by Gasteiger charge is -2.39. The summed E-state index contributed by atoms with van der Waals surface area (Å²) < 4.78 is 12.5. The van der Waals surface area contributed by atoms with Gasteiger partial charge in [0.1, 0.15) is 0 Å². The number of nitrogens with two attached hydrogens (primary N) is 1. The summed E-state index contributed by atoms with van der Waals surface area (Å²) in [7, 11) is 3.38. The number of methoxy groups -OCH3 is 1. The van der Waals surface area contributed by atoms with Crippen LogP contribution in [-0.4, -0.2) is 41.8 Å². The van der Waals surface area contributed by atoms with Crippen LogP contribution in [0.4, 0.5) is 0 Å².